The monoisotopic (exact) mass is 184 g/mol. The number of esters is 1. The molecule has 1 rings (SSSR count). The molecule has 0 heterocycles. The van der Waals surface area contributed by atoms with Gasteiger partial charge in [0.1, 0.15) is 0 Å². The third-order valence-electron chi connectivity index (χ3n) is 2.77. The Labute approximate surface area is 80.7 Å². The molecule has 0 aromatic rings. The number of ether oxygens (including phenoxy) is 1. The van der Waals surface area contributed by atoms with Crippen LogP contribution in [0.2, 0.25) is 0 Å². The first kappa shape index (κ1) is 10.6. The van der Waals surface area contributed by atoms with E-state index in [4.69, 9.17) is 4.74 Å². The van der Waals surface area contributed by atoms with Gasteiger partial charge in [0, 0.05) is 6.42 Å². The predicted octanol–water partition coefficient (Wildman–Crippen LogP) is 2.91. The molecule has 2 nitrogen and oxygen atoms in total. The standard InChI is InChI=1S/C11H20O2/c1-2-13-11(12)9-5-8-10-6-3-4-7-10/h10H,2-9H2,1H3. The highest BCUT2D eigenvalue weighted by molar-refractivity contribution is 5.69. The van der Waals surface area contributed by atoms with Crippen LogP contribution in [0.3, 0.4) is 0 Å². The molecule has 1 saturated carbocycles. The molecular weight excluding hydrogens is 164 g/mol. The van der Waals surface area contributed by atoms with Crippen molar-refractivity contribution >= 4 is 5.97 Å². The summed E-state index contributed by atoms with van der Waals surface area (Å²) in [5.74, 6) is 0.870. The second-order valence-corrected chi connectivity index (χ2v) is 3.85. The zero-order valence-corrected chi connectivity index (χ0v) is 8.55. The molecule has 0 spiro atoms. The maximum Gasteiger partial charge on any atom is 0.305 e. The van der Waals surface area contributed by atoms with E-state index >= 15 is 0 Å². The van der Waals surface area contributed by atoms with Gasteiger partial charge in [0.15, 0.2) is 0 Å². The normalized spacial score (nSPS) is 17.6. The minimum atomic E-state index is -0.0273. The minimum Gasteiger partial charge on any atom is -0.466 e. The van der Waals surface area contributed by atoms with Crippen LogP contribution < -0.4 is 0 Å². The van der Waals surface area contributed by atoms with E-state index in [1.165, 1.54) is 32.1 Å². The third kappa shape index (κ3) is 4.30. The van der Waals surface area contributed by atoms with Crippen LogP contribution in [-0.2, 0) is 9.53 Å². The van der Waals surface area contributed by atoms with Gasteiger partial charge in [0.2, 0.25) is 0 Å². The van der Waals surface area contributed by atoms with Crippen LogP contribution in [-0.4, -0.2) is 12.6 Å². The highest BCUT2D eigenvalue weighted by atomic mass is 16.5. The fourth-order valence-electron chi connectivity index (χ4n) is 2.07. The van der Waals surface area contributed by atoms with Crippen molar-refractivity contribution in [3.63, 3.8) is 0 Å². The molecule has 0 saturated heterocycles. The summed E-state index contributed by atoms with van der Waals surface area (Å²) in [5, 5.41) is 0. The van der Waals surface area contributed by atoms with E-state index in [-0.39, 0.29) is 5.97 Å². The summed E-state index contributed by atoms with van der Waals surface area (Å²) < 4.78 is 4.87. The Morgan fingerprint density at radius 3 is 2.69 bits per heavy atom. The maximum absolute atomic E-state index is 11.0. The van der Waals surface area contributed by atoms with Gasteiger partial charge in [0.05, 0.1) is 6.61 Å². The average molecular weight is 184 g/mol. The first-order chi connectivity index (χ1) is 6.33. The van der Waals surface area contributed by atoms with Crippen molar-refractivity contribution in [2.24, 2.45) is 5.92 Å². The molecule has 0 unspecified atom stereocenters. The van der Waals surface area contributed by atoms with Crippen LogP contribution in [0, 0.1) is 5.92 Å². The fourth-order valence-corrected chi connectivity index (χ4v) is 2.07. The van der Waals surface area contributed by atoms with Gasteiger partial charge in [-0.05, 0) is 25.7 Å². The highest BCUT2D eigenvalue weighted by Gasteiger charge is 2.14. The lowest BCUT2D eigenvalue weighted by molar-refractivity contribution is -0.143. The molecule has 0 N–H and O–H groups in total. The first-order valence-corrected chi connectivity index (χ1v) is 5.48. The van der Waals surface area contributed by atoms with Gasteiger partial charge in [-0.1, -0.05) is 25.7 Å². The molecule has 76 valence electrons. The second-order valence-electron chi connectivity index (χ2n) is 3.85. The van der Waals surface area contributed by atoms with E-state index in [1.807, 2.05) is 6.92 Å². The van der Waals surface area contributed by atoms with Gasteiger partial charge in [-0.15, -0.1) is 0 Å². The van der Waals surface area contributed by atoms with Crippen LogP contribution >= 0.6 is 0 Å². The van der Waals surface area contributed by atoms with Gasteiger partial charge in [0.25, 0.3) is 0 Å². The summed E-state index contributed by atoms with van der Waals surface area (Å²) in [6, 6.07) is 0. The van der Waals surface area contributed by atoms with Crippen molar-refractivity contribution in [3.05, 3.63) is 0 Å². The number of hydrogen-bond acceptors (Lipinski definition) is 2. The summed E-state index contributed by atoms with van der Waals surface area (Å²) in [6.45, 7) is 2.37. The highest BCUT2D eigenvalue weighted by Crippen LogP contribution is 2.28. The lowest BCUT2D eigenvalue weighted by Gasteiger charge is -2.07. The number of hydrogen-bond donors (Lipinski definition) is 0. The zero-order chi connectivity index (χ0) is 9.52. The Bertz CT molecular complexity index is 148. The molecule has 0 radical (unpaired) electrons. The number of carbonyl (C=O) groups is 1. The van der Waals surface area contributed by atoms with E-state index in [2.05, 4.69) is 0 Å². The molecule has 2 heteroatoms. The predicted molar refractivity (Wildman–Crippen MR) is 52.4 cm³/mol. The van der Waals surface area contributed by atoms with E-state index in [0.717, 1.165) is 12.3 Å². The van der Waals surface area contributed by atoms with Gasteiger partial charge in [-0.25, -0.2) is 0 Å². The second kappa shape index (κ2) is 6.01. The first-order valence-electron chi connectivity index (χ1n) is 5.48. The van der Waals surface area contributed by atoms with E-state index in [0.29, 0.717) is 13.0 Å². The van der Waals surface area contributed by atoms with Crippen molar-refractivity contribution in [1.29, 1.82) is 0 Å². The molecule has 13 heavy (non-hydrogen) atoms. The van der Waals surface area contributed by atoms with Crippen molar-refractivity contribution < 1.29 is 9.53 Å². The van der Waals surface area contributed by atoms with Crippen LogP contribution in [0.1, 0.15) is 51.9 Å². The third-order valence-corrected chi connectivity index (χ3v) is 2.77. The number of carbonyl (C=O) groups excluding carboxylic acids is 1. The number of rotatable bonds is 5. The van der Waals surface area contributed by atoms with Crippen molar-refractivity contribution in [1.82, 2.24) is 0 Å². The summed E-state index contributed by atoms with van der Waals surface area (Å²) in [7, 11) is 0. The van der Waals surface area contributed by atoms with E-state index in [1.54, 1.807) is 0 Å². The van der Waals surface area contributed by atoms with Crippen molar-refractivity contribution in [2.45, 2.75) is 51.9 Å². The molecule has 0 aliphatic heterocycles. The molecule has 1 aliphatic rings. The molecule has 1 fully saturated rings. The smallest absolute Gasteiger partial charge is 0.305 e. The summed E-state index contributed by atoms with van der Waals surface area (Å²) >= 11 is 0. The topological polar surface area (TPSA) is 26.3 Å². The Kier molecular flexibility index (Phi) is 4.87. The Hall–Kier alpha value is -0.530. The molecule has 0 amide bonds. The van der Waals surface area contributed by atoms with Gasteiger partial charge in [-0.3, -0.25) is 4.79 Å². The van der Waals surface area contributed by atoms with Gasteiger partial charge >= 0.3 is 5.97 Å². The Balaban J connectivity index is 1.96. The SMILES string of the molecule is CCOC(=O)CCCC1CCCC1. The Morgan fingerprint density at radius 2 is 2.08 bits per heavy atom. The maximum atomic E-state index is 11.0. The van der Waals surface area contributed by atoms with Gasteiger partial charge in [-0.2, -0.15) is 0 Å². The largest absolute Gasteiger partial charge is 0.466 e. The van der Waals surface area contributed by atoms with Crippen LogP contribution in [0.15, 0.2) is 0 Å². The summed E-state index contributed by atoms with van der Waals surface area (Å²) in [6.07, 6.45) is 8.40. The van der Waals surface area contributed by atoms with Gasteiger partial charge < -0.3 is 4.74 Å². The molecule has 0 atom stereocenters. The van der Waals surface area contributed by atoms with E-state index in [9.17, 15) is 4.79 Å². The lowest BCUT2D eigenvalue weighted by atomic mass is 10.0. The molecule has 0 aromatic carbocycles. The molecule has 0 bridgehead atoms. The quantitative estimate of drug-likeness (QED) is 0.614. The molecule has 1 aliphatic carbocycles. The Morgan fingerprint density at radius 1 is 1.38 bits per heavy atom. The summed E-state index contributed by atoms with van der Waals surface area (Å²) in [5.41, 5.74) is 0. The molecular formula is C11H20O2. The van der Waals surface area contributed by atoms with Crippen molar-refractivity contribution in [3.8, 4) is 0 Å². The minimum absolute atomic E-state index is 0.0273. The summed E-state index contributed by atoms with van der Waals surface area (Å²) in [4.78, 5) is 11.0. The average Bonchev–Trinajstić information content (AvgIpc) is 2.57. The lowest BCUT2D eigenvalue weighted by Crippen LogP contribution is -2.04. The van der Waals surface area contributed by atoms with Crippen LogP contribution in [0.25, 0.3) is 0 Å². The van der Waals surface area contributed by atoms with Crippen LogP contribution in [0.4, 0.5) is 0 Å². The fraction of sp³-hybridized carbons (Fsp3) is 0.909. The van der Waals surface area contributed by atoms with E-state index < -0.39 is 0 Å². The zero-order valence-electron chi connectivity index (χ0n) is 8.55. The van der Waals surface area contributed by atoms with Crippen molar-refractivity contribution in [2.75, 3.05) is 6.61 Å². The van der Waals surface area contributed by atoms with Crippen LogP contribution in [0.5, 0.6) is 0 Å². The molecule has 0 aromatic heterocycles.